The molecule has 5 heteroatoms. The van der Waals surface area contributed by atoms with Gasteiger partial charge in [0.1, 0.15) is 11.6 Å². The number of nitrogens with zero attached hydrogens (tertiary/aromatic N) is 2. The van der Waals surface area contributed by atoms with Crippen LogP contribution in [0.5, 0.6) is 0 Å². The Kier molecular flexibility index (Phi) is 2.99. The minimum Gasteiger partial charge on any atom is -0.294 e. The van der Waals surface area contributed by atoms with Gasteiger partial charge in [0, 0.05) is 25.2 Å². The average molecular weight is 236 g/mol. The van der Waals surface area contributed by atoms with Crippen molar-refractivity contribution in [2.45, 2.75) is 6.42 Å². The van der Waals surface area contributed by atoms with E-state index in [1.165, 1.54) is 23.1 Å². The Morgan fingerprint density at radius 1 is 1.35 bits per heavy atom. The summed E-state index contributed by atoms with van der Waals surface area (Å²) in [5.74, 6) is -1.77. The van der Waals surface area contributed by atoms with Crippen LogP contribution in [0.2, 0.25) is 0 Å². The van der Waals surface area contributed by atoms with Gasteiger partial charge in [0.05, 0.1) is 11.8 Å². The number of hydrogen-bond donors (Lipinski definition) is 0. The lowest BCUT2D eigenvalue weighted by atomic mass is 10.0. The van der Waals surface area contributed by atoms with E-state index in [4.69, 9.17) is 0 Å². The minimum atomic E-state index is -0.706. The van der Waals surface area contributed by atoms with Crippen LogP contribution in [0, 0.1) is 11.6 Å². The highest BCUT2D eigenvalue weighted by Gasteiger charge is 2.15. The predicted octanol–water partition coefficient (Wildman–Crippen LogP) is 2.12. The molecule has 1 heterocycles. The Balaban J connectivity index is 2.24. The number of carbonyl (C=O) groups is 1. The smallest absolute Gasteiger partial charge is 0.170 e. The fourth-order valence-electron chi connectivity index (χ4n) is 1.53. The van der Waals surface area contributed by atoms with Gasteiger partial charge in [-0.3, -0.25) is 9.48 Å². The van der Waals surface area contributed by atoms with Gasteiger partial charge in [0.15, 0.2) is 5.78 Å². The van der Waals surface area contributed by atoms with Gasteiger partial charge in [-0.2, -0.15) is 5.10 Å². The first-order chi connectivity index (χ1) is 8.08. The summed E-state index contributed by atoms with van der Waals surface area (Å²) in [6, 6.07) is 3.53. The highest BCUT2D eigenvalue weighted by molar-refractivity contribution is 5.97. The van der Waals surface area contributed by atoms with E-state index in [-0.39, 0.29) is 17.8 Å². The number of aromatic nitrogens is 2. The monoisotopic (exact) mass is 236 g/mol. The summed E-state index contributed by atoms with van der Waals surface area (Å²) in [5.41, 5.74) is 0.136. The first kappa shape index (κ1) is 11.4. The molecule has 0 unspecified atom stereocenters. The van der Waals surface area contributed by atoms with Crippen LogP contribution in [-0.4, -0.2) is 15.6 Å². The van der Waals surface area contributed by atoms with Crippen molar-refractivity contribution in [3.8, 4) is 0 Å². The molecule has 0 saturated carbocycles. The van der Waals surface area contributed by atoms with Crippen molar-refractivity contribution in [1.82, 2.24) is 9.78 Å². The molecule has 0 radical (unpaired) electrons. The minimum absolute atomic E-state index is 0.207. The molecule has 0 spiro atoms. The quantitative estimate of drug-likeness (QED) is 0.765. The first-order valence-corrected chi connectivity index (χ1v) is 5.02. The van der Waals surface area contributed by atoms with Gasteiger partial charge < -0.3 is 0 Å². The molecule has 1 aromatic carbocycles. The highest BCUT2D eigenvalue weighted by Crippen LogP contribution is 2.14. The second-order valence-electron chi connectivity index (χ2n) is 3.70. The van der Waals surface area contributed by atoms with Gasteiger partial charge in [-0.05, 0) is 12.1 Å². The number of halogens is 2. The second kappa shape index (κ2) is 4.45. The standard InChI is InChI=1S/C12H10F2N2O/c1-16-7-8(6-15-16)12(17)5-9-10(13)3-2-4-11(9)14/h2-4,6-7H,5H2,1H3. The van der Waals surface area contributed by atoms with Gasteiger partial charge in [0.25, 0.3) is 0 Å². The van der Waals surface area contributed by atoms with E-state index in [2.05, 4.69) is 5.10 Å². The molecule has 0 amide bonds. The molecule has 0 aliphatic rings. The summed E-state index contributed by atoms with van der Waals surface area (Å²) in [7, 11) is 1.67. The Morgan fingerprint density at radius 2 is 2.00 bits per heavy atom. The zero-order valence-electron chi connectivity index (χ0n) is 9.15. The molecule has 0 aliphatic carbocycles. The summed E-state index contributed by atoms with van der Waals surface area (Å²) in [6.45, 7) is 0. The van der Waals surface area contributed by atoms with Crippen LogP contribution in [0.3, 0.4) is 0 Å². The third-order valence-electron chi connectivity index (χ3n) is 2.43. The van der Waals surface area contributed by atoms with Crippen molar-refractivity contribution in [3.63, 3.8) is 0 Å². The van der Waals surface area contributed by atoms with Crippen molar-refractivity contribution < 1.29 is 13.6 Å². The van der Waals surface area contributed by atoms with Crippen LogP contribution in [0.1, 0.15) is 15.9 Å². The molecule has 0 aliphatic heterocycles. The van der Waals surface area contributed by atoms with Crippen LogP contribution in [0.4, 0.5) is 8.78 Å². The molecular formula is C12H10F2N2O. The fourth-order valence-corrected chi connectivity index (χ4v) is 1.53. The third kappa shape index (κ3) is 2.38. The Labute approximate surface area is 96.7 Å². The van der Waals surface area contributed by atoms with E-state index in [1.54, 1.807) is 7.05 Å². The number of carbonyl (C=O) groups excluding carboxylic acids is 1. The van der Waals surface area contributed by atoms with Crippen molar-refractivity contribution in [2.24, 2.45) is 7.05 Å². The molecule has 0 fully saturated rings. The summed E-state index contributed by atoms with van der Waals surface area (Å²) in [4.78, 5) is 11.7. The van der Waals surface area contributed by atoms with Crippen molar-refractivity contribution in [1.29, 1.82) is 0 Å². The molecule has 1 aromatic heterocycles. The number of hydrogen-bond acceptors (Lipinski definition) is 2. The van der Waals surface area contributed by atoms with Crippen LogP contribution in [-0.2, 0) is 13.5 Å². The van der Waals surface area contributed by atoms with Crippen molar-refractivity contribution in [2.75, 3.05) is 0 Å². The van der Waals surface area contributed by atoms with Gasteiger partial charge in [-0.1, -0.05) is 6.07 Å². The van der Waals surface area contributed by atoms with Crippen LogP contribution >= 0.6 is 0 Å². The van der Waals surface area contributed by atoms with Crippen LogP contribution < -0.4 is 0 Å². The third-order valence-corrected chi connectivity index (χ3v) is 2.43. The second-order valence-corrected chi connectivity index (χ2v) is 3.70. The lowest BCUT2D eigenvalue weighted by Gasteiger charge is -2.02. The van der Waals surface area contributed by atoms with E-state index in [0.717, 1.165) is 12.1 Å². The number of Topliss-reactive ketones (excluding diaryl/α,β-unsaturated/α-hetero) is 1. The molecule has 0 bridgehead atoms. The maximum Gasteiger partial charge on any atom is 0.170 e. The predicted molar refractivity (Wildman–Crippen MR) is 57.6 cm³/mol. The number of ketones is 1. The van der Waals surface area contributed by atoms with E-state index in [9.17, 15) is 13.6 Å². The molecule has 2 aromatic rings. The topological polar surface area (TPSA) is 34.9 Å². The largest absolute Gasteiger partial charge is 0.294 e. The van der Waals surface area contributed by atoms with Crippen molar-refractivity contribution >= 4 is 5.78 Å². The van der Waals surface area contributed by atoms with Crippen molar-refractivity contribution in [3.05, 3.63) is 53.4 Å². The van der Waals surface area contributed by atoms with Gasteiger partial charge in [-0.15, -0.1) is 0 Å². The molecule has 3 nitrogen and oxygen atoms in total. The summed E-state index contributed by atoms with van der Waals surface area (Å²) in [5, 5.41) is 3.83. The van der Waals surface area contributed by atoms with Gasteiger partial charge in [0.2, 0.25) is 0 Å². The number of rotatable bonds is 3. The summed E-state index contributed by atoms with van der Waals surface area (Å²) >= 11 is 0. The highest BCUT2D eigenvalue weighted by atomic mass is 19.1. The molecule has 2 rings (SSSR count). The fraction of sp³-hybridized carbons (Fsp3) is 0.167. The van der Waals surface area contributed by atoms with Crippen LogP contribution in [0.25, 0.3) is 0 Å². The molecule has 0 N–H and O–H groups in total. The van der Waals surface area contributed by atoms with Gasteiger partial charge >= 0.3 is 0 Å². The summed E-state index contributed by atoms with van der Waals surface area (Å²) < 4.78 is 28.1. The average Bonchev–Trinajstić information content (AvgIpc) is 2.70. The molecule has 88 valence electrons. The Morgan fingerprint density at radius 3 is 2.53 bits per heavy atom. The first-order valence-electron chi connectivity index (χ1n) is 5.02. The SMILES string of the molecule is Cn1cc(C(=O)Cc2c(F)cccc2F)cn1. The number of benzene rings is 1. The molecular weight excluding hydrogens is 226 g/mol. The maximum absolute atomic E-state index is 13.3. The molecule has 0 saturated heterocycles. The lowest BCUT2D eigenvalue weighted by Crippen LogP contribution is -2.06. The summed E-state index contributed by atoms with van der Waals surface area (Å²) in [6.07, 6.45) is 2.59. The zero-order valence-corrected chi connectivity index (χ0v) is 9.15. The van der Waals surface area contributed by atoms with E-state index >= 15 is 0 Å². The van der Waals surface area contributed by atoms with E-state index in [0.29, 0.717) is 5.56 Å². The number of aryl methyl sites for hydroxylation is 1. The van der Waals surface area contributed by atoms with Crippen LogP contribution in [0.15, 0.2) is 30.6 Å². The van der Waals surface area contributed by atoms with Gasteiger partial charge in [-0.25, -0.2) is 8.78 Å². The van der Waals surface area contributed by atoms with E-state index in [1.807, 2.05) is 0 Å². The molecule has 17 heavy (non-hydrogen) atoms. The zero-order chi connectivity index (χ0) is 12.4. The Hall–Kier alpha value is -2.04. The maximum atomic E-state index is 13.3. The molecule has 0 atom stereocenters. The Bertz CT molecular complexity index is 543. The normalized spacial score (nSPS) is 10.5. The van der Waals surface area contributed by atoms with E-state index < -0.39 is 11.6 Å². The lowest BCUT2D eigenvalue weighted by molar-refractivity contribution is 0.0990.